The number of oxime groups is 1. The molecule has 0 bridgehead atoms. The van der Waals surface area contributed by atoms with Crippen LogP contribution in [0, 0.1) is 12.7 Å². The van der Waals surface area contributed by atoms with E-state index >= 15 is 0 Å². The molecule has 0 aliphatic heterocycles. The minimum Gasteiger partial charge on any atom is -0.508 e. The number of aromatic hydroxyl groups is 1. The molecule has 0 spiro atoms. The fourth-order valence-electron chi connectivity index (χ4n) is 3.16. The van der Waals surface area contributed by atoms with Crippen molar-refractivity contribution in [1.82, 2.24) is 0 Å². The summed E-state index contributed by atoms with van der Waals surface area (Å²) in [5.74, 6) is -1.92. The predicted octanol–water partition coefficient (Wildman–Crippen LogP) is 5.94. The first-order valence-corrected chi connectivity index (χ1v) is 8.90. The van der Waals surface area contributed by atoms with Gasteiger partial charge in [0.1, 0.15) is 11.6 Å². The lowest BCUT2D eigenvalue weighted by atomic mass is 9.86. The number of halogens is 5. The zero-order chi connectivity index (χ0) is 22.2. The van der Waals surface area contributed by atoms with E-state index in [-0.39, 0.29) is 28.0 Å². The first kappa shape index (κ1) is 21.4. The first-order chi connectivity index (χ1) is 14.0. The summed E-state index contributed by atoms with van der Waals surface area (Å²) in [6.07, 6.45) is -4.78. The number of rotatable bonds is 3. The highest BCUT2D eigenvalue weighted by atomic mass is 35.5. The molecule has 0 saturated carbocycles. The molecule has 0 aromatic heterocycles. The average molecular weight is 439 g/mol. The molecule has 4 nitrogen and oxygen atoms in total. The Morgan fingerprint density at radius 3 is 2.33 bits per heavy atom. The number of phenols is 1. The van der Waals surface area contributed by atoms with Crippen LogP contribution in [0.2, 0.25) is 5.02 Å². The molecule has 9 heteroatoms. The third-order valence-corrected chi connectivity index (χ3v) is 5.04. The van der Waals surface area contributed by atoms with E-state index in [2.05, 4.69) is 5.16 Å². The molecule has 0 amide bonds. The Labute approximate surface area is 173 Å². The number of alkyl halides is 3. The largest absolute Gasteiger partial charge is 0.508 e. The highest BCUT2D eigenvalue weighted by molar-refractivity contribution is 6.31. The van der Waals surface area contributed by atoms with E-state index in [1.807, 2.05) is 0 Å². The Bertz CT molecular complexity index is 1160. The summed E-state index contributed by atoms with van der Waals surface area (Å²) in [7, 11) is 0. The Balaban J connectivity index is 2.53. The molecule has 0 unspecified atom stereocenters. The highest BCUT2D eigenvalue weighted by Crippen LogP contribution is 2.43. The highest BCUT2D eigenvalue weighted by Gasteiger charge is 2.34. The van der Waals surface area contributed by atoms with Gasteiger partial charge in [-0.25, -0.2) is 4.39 Å². The smallest absolute Gasteiger partial charge is 0.416 e. The molecule has 0 radical (unpaired) electrons. The molecular formula is C21H15ClF4N2O2. The second kappa shape index (κ2) is 7.87. The van der Waals surface area contributed by atoms with Crippen molar-refractivity contribution in [2.45, 2.75) is 13.1 Å². The van der Waals surface area contributed by atoms with E-state index in [9.17, 15) is 27.9 Å². The van der Waals surface area contributed by atoms with E-state index < -0.39 is 23.4 Å². The molecule has 3 aromatic rings. The van der Waals surface area contributed by atoms with Gasteiger partial charge in [-0.15, -0.1) is 0 Å². The van der Waals surface area contributed by atoms with Gasteiger partial charge in [-0.1, -0.05) is 28.9 Å². The number of hydrogen-bond donors (Lipinski definition) is 3. The Kier molecular flexibility index (Phi) is 5.63. The van der Waals surface area contributed by atoms with Crippen LogP contribution in [0.4, 0.5) is 17.6 Å². The Morgan fingerprint density at radius 1 is 1.03 bits per heavy atom. The van der Waals surface area contributed by atoms with Gasteiger partial charge in [-0.3, -0.25) is 0 Å². The van der Waals surface area contributed by atoms with Gasteiger partial charge < -0.3 is 16.0 Å². The molecule has 0 fully saturated rings. The van der Waals surface area contributed by atoms with Gasteiger partial charge in [0, 0.05) is 27.8 Å². The molecular weight excluding hydrogens is 424 g/mol. The van der Waals surface area contributed by atoms with Gasteiger partial charge in [-0.05, 0) is 53.9 Å². The molecule has 0 atom stereocenters. The van der Waals surface area contributed by atoms with Gasteiger partial charge in [0.25, 0.3) is 0 Å². The molecule has 0 aliphatic carbocycles. The van der Waals surface area contributed by atoms with Crippen molar-refractivity contribution in [3.8, 4) is 28.0 Å². The lowest BCUT2D eigenvalue weighted by Gasteiger charge is -2.20. The summed E-state index contributed by atoms with van der Waals surface area (Å²) < 4.78 is 55.4. The SMILES string of the molecule is Cc1c(Cl)cccc1-c1c(C(N)=NO)cc(C(F)(F)F)cc1-c1ccc(O)cc1F. The summed E-state index contributed by atoms with van der Waals surface area (Å²) in [4.78, 5) is 0. The van der Waals surface area contributed by atoms with Gasteiger partial charge in [-0.2, -0.15) is 13.2 Å². The van der Waals surface area contributed by atoms with Gasteiger partial charge in [0.15, 0.2) is 5.84 Å². The van der Waals surface area contributed by atoms with Gasteiger partial charge in [0.05, 0.1) is 5.56 Å². The summed E-state index contributed by atoms with van der Waals surface area (Å²) in [6, 6.07) is 9.35. The van der Waals surface area contributed by atoms with Crippen LogP contribution in [-0.2, 0) is 6.18 Å². The number of phenolic OH excluding ortho intramolecular Hbond substituents is 1. The molecule has 3 aromatic carbocycles. The van der Waals surface area contributed by atoms with Crippen molar-refractivity contribution in [1.29, 1.82) is 0 Å². The van der Waals surface area contributed by atoms with Crippen molar-refractivity contribution in [3.05, 3.63) is 76.1 Å². The van der Waals surface area contributed by atoms with Crippen molar-refractivity contribution in [2.75, 3.05) is 0 Å². The molecule has 3 rings (SSSR count). The van der Waals surface area contributed by atoms with Crippen molar-refractivity contribution in [3.63, 3.8) is 0 Å². The maximum absolute atomic E-state index is 14.7. The predicted molar refractivity (Wildman–Crippen MR) is 106 cm³/mol. The summed E-state index contributed by atoms with van der Waals surface area (Å²) >= 11 is 6.19. The zero-order valence-electron chi connectivity index (χ0n) is 15.4. The zero-order valence-corrected chi connectivity index (χ0v) is 16.2. The quantitative estimate of drug-likeness (QED) is 0.156. The molecule has 30 heavy (non-hydrogen) atoms. The summed E-state index contributed by atoms with van der Waals surface area (Å²) in [5, 5.41) is 21.9. The summed E-state index contributed by atoms with van der Waals surface area (Å²) in [6.45, 7) is 1.64. The topological polar surface area (TPSA) is 78.8 Å². The second-order valence-corrected chi connectivity index (χ2v) is 6.91. The number of nitrogens with zero attached hydrogens (tertiary/aromatic N) is 1. The van der Waals surface area contributed by atoms with Crippen LogP contribution in [0.15, 0.2) is 53.7 Å². The fraction of sp³-hybridized carbons (Fsp3) is 0.0952. The van der Waals surface area contributed by atoms with Gasteiger partial charge >= 0.3 is 6.18 Å². The first-order valence-electron chi connectivity index (χ1n) is 8.52. The molecule has 0 aliphatic rings. The third-order valence-electron chi connectivity index (χ3n) is 4.63. The van der Waals surface area contributed by atoms with Crippen LogP contribution in [0.5, 0.6) is 5.75 Å². The van der Waals surface area contributed by atoms with Crippen LogP contribution in [-0.4, -0.2) is 16.1 Å². The molecule has 4 N–H and O–H groups in total. The number of amidine groups is 1. The fourth-order valence-corrected chi connectivity index (χ4v) is 3.34. The molecule has 0 saturated heterocycles. The minimum absolute atomic E-state index is 0.0999. The number of nitrogens with two attached hydrogens (primary N) is 1. The summed E-state index contributed by atoms with van der Waals surface area (Å²) in [5.41, 5.74) is 4.96. The number of hydrogen-bond acceptors (Lipinski definition) is 3. The lowest BCUT2D eigenvalue weighted by molar-refractivity contribution is -0.137. The minimum atomic E-state index is -4.78. The third kappa shape index (κ3) is 3.91. The van der Waals surface area contributed by atoms with Crippen LogP contribution in [0.25, 0.3) is 22.3 Å². The van der Waals surface area contributed by atoms with Gasteiger partial charge in [0.2, 0.25) is 0 Å². The van der Waals surface area contributed by atoms with Crippen LogP contribution in [0.1, 0.15) is 16.7 Å². The van der Waals surface area contributed by atoms with Crippen molar-refractivity contribution >= 4 is 17.4 Å². The van der Waals surface area contributed by atoms with Crippen LogP contribution in [0.3, 0.4) is 0 Å². The maximum atomic E-state index is 14.7. The lowest BCUT2D eigenvalue weighted by Crippen LogP contribution is -2.17. The molecule has 156 valence electrons. The van der Waals surface area contributed by atoms with Crippen molar-refractivity contribution < 1.29 is 27.9 Å². The van der Waals surface area contributed by atoms with Crippen molar-refractivity contribution in [2.24, 2.45) is 10.9 Å². The van der Waals surface area contributed by atoms with Crippen LogP contribution < -0.4 is 5.73 Å². The normalized spacial score (nSPS) is 12.3. The van der Waals surface area contributed by atoms with E-state index in [1.165, 1.54) is 0 Å². The van der Waals surface area contributed by atoms with E-state index in [0.717, 1.165) is 30.3 Å². The number of benzene rings is 3. The van der Waals surface area contributed by atoms with Crippen LogP contribution >= 0.6 is 11.6 Å². The monoisotopic (exact) mass is 438 g/mol. The molecule has 0 heterocycles. The standard InChI is InChI=1S/C21H15ClF4N2O2/c1-10-13(3-2-4-17(10)22)19-15(14-6-5-12(29)9-18(14)23)7-11(21(24,25)26)8-16(19)20(27)28-30/h2-9,29-30H,1H3,(H2,27,28). The average Bonchev–Trinajstić information content (AvgIpc) is 2.68. The van der Waals surface area contributed by atoms with E-state index in [0.29, 0.717) is 16.1 Å². The van der Waals surface area contributed by atoms with E-state index in [1.54, 1.807) is 25.1 Å². The Morgan fingerprint density at radius 2 is 1.73 bits per heavy atom. The Hall–Kier alpha value is -3.26. The van der Waals surface area contributed by atoms with E-state index in [4.69, 9.17) is 17.3 Å². The second-order valence-electron chi connectivity index (χ2n) is 6.51. The maximum Gasteiger partial charge on any atom is 0.416 e.